The fourth-order valence-electron chi connectivity index (χ4n) is 1.59. The second kappa shape index (κ2) is 4.73. The Labute approximate surface area is 103 Å². The second-order valence-electron chi connectivity index (χ2n) is 3.66. The van der Waals surface area contributed by atoms with Crippen molar-refractivity contribution in [3.05, 3.63) is 41.4 Å². The minimum atomic E-state index is -0.490. The number of nitrogen functional groups attached to an aromatic ring is 1. The topological polar surface area (TPSA) is 110 Å². The standard InChI is InChI=1S/C11H11N5O2/c1-7-8(4-9(18-7)11(17)15-13)6-16-3-2-14-10(16)5-12/h2-4H,6,13H2,1H3,(H,15,17). The third kappa shape index (κ3) is 2.09. The predicted octanol–water partition coefficient (Wildman–Crippen LogP) is 0.308. The number of nitrogens with two attached hydrogens (primary N) is 1. The summed E-state index contributed by atoms with van der Waals surface area (Å²) in [7, 11) is 0. The molecule has 0 radical (unpaired) electrons. The largest absolute Gasteiger partial charge is 0.456 e. The smallest absolute Gasteiger partial charge is 0.300 e. The van der Waals surface area contributed by atoms with E-state index in [0.29, 0.717) is 18.1 Å². The number of aryl methyl sites for hydroxylation is 1. The highest BCUT2D eigenvalue weighted by Gasteiger charge is 2.14. The van der Waals surface area contributed by atoms with Gasteiger partial charge in [0, 0.05) is 18.0 Å². The number of hydrogen-bond acceptors (Lipinski definition) is 5. The van der Waals surface area contributed by atoms with Crippen LogP contribution in [-0.2, 0) is 6.54 Å². The van der Waals surface area contributed by atoms with Crippen LogP contribution < -0.4 is 11.3 Å². The molecular weight excluding hydrogens is 234 g/mol. The zero-order valence-electron chi connectivity index (χ0n) is 9.67. The van der Waals surface area contributed by atoms with Gasteiger partial charge in [0.2, 0.25) is 5.82 Å². The minimum Gasteiger partial charge on any atom is -0.456 e. The second-order valence-corrected chi connectivity index (χ2v) is 3.66. The molecule has 7 nitrogen and oxygen atoms in total. The first-order valence-electron chi connectivity index (χ1n) is 5.17. The van der Waals surface area contributed by atoms with Crippen molar-refractivity contribution in [1.82, 2.24) is 15.0 Å². The molecule has 18 heavy (non-hydrogen) atoms. The molecule has 0 fully saturated rings. The van der Waals surface area contributed by atoms with Crippen molar-refractivity contribution in [2.75, 3.05) is 0 Å². The van der Waals surface area contributed by atoms with Crippen LogP contribution in [0.2, 0.25) is 0 Å². The van der Waals surface area contributed by atoms with Crippen molar-refractivity contribution in [3.8, 4) is 6.07 Å². The molecule has 0 saturated heterocycles. The Kier molecular flexibility index (Phi) is 3.12. The monoisotopic (exact) mass is 245 g/mol. The quantitative estimate of drug-likeness (QED) is 0.459. The lowest BCUT2D eigenvalue weighted by molar-refractivity contribution is 0.0924. The highest BCUT2D eigenvalue weighted by molar-refractivity contribution is 5.91. The van der Waals surface area contributed by atoms with Crippen molar-refractivity contribution in [1.29, 1.82) is 5.26 Å². The number of imidazole rings is 1. The lowest BCUT2D eigenvalue weighted by Crippen LogP contribution is -2.29. The first kappa shape index (κ1) is 11.9. The normalized spacial score (nSPS) is 10.1. The summed E-state index contributed by atoms with van der Waals surface area (Å²) in [5.41, 5.74) is 2.79. The van der Waals surface area contributed by atoms with Crippen LogP contribution >= 0.6 is 0 Å². The Morgan fingerprint density at radius 1 is 1.72 bits per heavy atom. The summed E-state index contributed by atoms with van der Waals surface area (Å²) < 4.78 is 6.95. The number of amides is 1. The van der Waals surface area contributed by atoms with E-state index in [0.717, 1.165) is 5.56 Å². The molecule has 2 rings (SSSR count). The molecule has 0 aliphatic rings. The number of hydrogen-bond donors (Lipinski definition) is 2. The van der Waals surface area contributed by atoms with E-state index in [-0.39, 0.29) is 5.76 Å². The number of hydrazine groups is 1. The van der Waals surface area contributed by atoms with E-state index < -0.39 is 5.91 Å². The van der Waals surface area contributed by atoms with Crippen LogP contribution in [-0.4, -0.2) is 15.5 Å². The lowest BCUT2D eigenvalue weighted by atomic mass is 10.2. The van der Waals surface area contributed by atoms with Crippen molar-refractivity contribution < 1.29 is 9.21 Å². The SMILES string of the molecule is Cc1oc(C(=O)NN)cc1Cn1ccnc1C#N. The zero-order valence-corrected chi connectivity index (χ0v) is 9.67. The van der Waals surface area contributed by atoms with Crippen molar-refractivity contribution in [2.45, 2.75) is 13.5 Å². The van der Waals surface area contributed by atoms with Crippen LogP contribution in [0.4, 0.5) is 0 Å². The van der Waals surface area contributed by atoms with Crippen LogP contribution in [0, 0.1) is 18.3 Å². The third-order valence-electron chi connectivity index (χ3n) is 2.53. The van der Waals surface area contributed by atoms with Gasteiger partial charge in [0.05, 0.1) is 6.54 Å². The number of aromatic nitrogens is 2. The molecule has 0 saturated carbocycles. The molecule has 0 unspecified atom stereocenters. The molecule has 1 amide bonds. The molecule has 7 heteroatoms. The van der Waals surface area contributed by atoms with Crippen molar-refractivity contribution >= 4 is 5.91 Å². The van der Waals surface area contributed by atoms with Gasteiger partial charge in [-0.05, 0) is 13.0 Å². The van der Waals surface area contributed by atoms with E-state index in [9.17, 15) is 4.79 Å². The van der Waals surface area contributed by atoms with Crippen molar-refractivity contribution in [3.63, 3.8) is 0 Å². The van der Waals surface area contributed by atoms with E-state index in [4.69, 9.17) is 15.5 Å². The van der Waals surface area contributed by atoms with Crippen molar-refractivity contribution in [2.24, 2.45) is 5.84 Å². The van der Waals surface area contributed by atoms with E-state index >= 15 is 0 Å². The van der Waals surface area contributed by atoms with Gasteiger partial charge in [-0.1, -0.05) is 0 Å². The zero-order chi connectivity index (χ0) is 13.1. The van der Waals surface area contributed by atoms with Gasteiger partial charge in [-0.25, -0.2) is 10.8 Å². The van der Waals surface area contributed by atoms with Crippen LogP contribution in [0.25, 0.3) is 0 Å². The summed E-state index contributed by atoms with van der Waals surface area (Å²) in [6.07, 6.45) is 3.23. The van der Waals surface area contributed by atoms with Gasteiger partial charge in [0.1, 0.15) is 11.8 Å². The number of nitrogens with zero attached hydrogens (tertiary/aromatic N) is 3. The number of furan rings is 1. The Bertz CT molecular complexity index is 620. The Morgan fingerprint density at radius 3 is 3.17 bits per heavy atom. The van der Waals surface area contributed by atoms with Crippen LogP contribution in [0.15, 0.2) is 22.9 Å². The maximum atomic E-state index is 11.3. The van der Waals surface area contributed by atoms with E-state index in [1.165, 1.54) is 0 Å². The lowest BCUT2D eigenvalue weighted by Gasteiger charge is -2.01. The molecule has 0 bridgehead atoms. The molecule has 2 aromatic rings. The molecule has 0 spiro atoms. The summed E-state index contributed by atoms with van der Waals surface area (Å²) in [4.78, 5) is 15.2. The summed E-state index contributed by atoms with van der Waals surface area (Å²) in [5, 5.41) is 8.85. The van der Waals surface area contributed by atoms with Gasteiger partial charge in [-0.2, -0.15) is 5.26 Å². The van der Waals surface area contributed by atoms with Gasteiger partial charge in [-0.3, -0.25) is 10.2 Å². The molecule has 92 valence electrons. The van der Waals surface area contributed by atoms with E-state index in [2.05, 4.69) is 4.98 Å². The van der Waals surface area contributed by atoms with Gasteiger partial charge in [0.15, 0.2) is 5.76 Å². The summed E-state index contributed by atoms with van der Waals surface area (Å²) in [6, 6.07) is 3.57. The fraction of sp³-hybridized carbons (Fsp3) is 0.182. The Morgan fingerprint density at radius 2 is 2.50 bits per heavy atom. The fourth-order valence-corrected chi connectivity index (χ4v) is 1.59. The van der Waals surface area contributed by atoms with Gasteiger partial charge in [-0.15, -0.1) is 0 Å². The summed E-state index contributed by atoms with van der Waals surface area (Å²) >= 11 is 0. The molecule has 2 aromatic heterocycles. The molecule has 0 atom stereocenters. The maximum absolute atomic E-state index is 11.3. The Balaban J connectivity index is 2.28. The Hall–Kier alpha value is -2.59. The predicted molar refractivity (Wildman–Crippen MR) is 61.1 cm³/mol. The first-order chi connectivity index (χ1) is 8.65. The number of rotatable bonds is 3. The summed E-state index contributed by atoms with van der Waals surface area (Å²) in [5.74, 6) is 5.59. The molecule has 0 aliphatic heterocycles. The third-order valence-corrected chi connectivity index (χ3v) is 2.53. The van der Waals surface area contributed by atoms with Crippen LogP contribution in [0.3, 0.4) is 0 Å². The van der Waals surface area contributed by atoms with Gasteiger partial charge < -0.3 is 8.98 Å². The van der Waals surface area contributed by atoms with E-state index in [1.54, 1.807) is 30.0 Å². The highest BCUT2D eigenvalue weighted by Crippen LogP contribution is 2.16. The molecule has 2 heterocycles. The average molecular weight is 245 g/mol. The molecule has 0 aromatic carbocycles. The van der Waals surface area contributed by atoms with Crippen LogP contribution in [0.1, 0.15) is 27.7 Å². The van der Waals surface area contributed by atoms with Crippen LogP contribution in [0.5, 0.6) is 0 Å². The molecular formula is C11H11N5O2. The average Bonchev–Trinajstić information content (AvgIpc) is 2.96. The minimum absolute atomic E-state index is 0.142. The first-order valence-corrected chi connectivity index (χ1v) is 5.17. The molecule has 0 aliphatic carbocycles. The summed E-state index contributed by atoms with van der Waals surface area (Å²) in [6.45, 7) is 2.15. The van der Waals surface area contributed by atoms with Gasteiger partial charge in [0.25, 0.3) is 0 Å². The van der Waals surface area contributed by atoms with Gasteiger partial charge >= 0.3 is 5.91 Å². The van der Waals surface area contributed by atoms with E-state index in [1.807, 2.05) is 11.5 Å². The number of carbonyl (C=O) groups is 1. The number of nitriles is 1. The maximum Gasteiger partial charge on any atom is 0.300 e. The number of nitrogens with one attached hydrogen (secondary N) is 1. The highest BCUT2D eigenvalue weighted by atomic mass is 16.4. The number of carbonyl (C=O) groups excluding carboxylic acids is 1. The molecule has 3 N–H and O–H groups in total.